The fourth-order valence-corrected chi connectivity index (χ4v) is 5.62. The van der Waals surface area contributed by atoms with Crippen molar-refractivity contribution in [1.29, 1.82) is 5.41 Å². The van der Waals surface area contributed by atoms with Crippen molar-refractivity contribution in [2.45, 2.75) is 46.4 Å². The van der Waals surface area contributed by atoms with E-state index in [4.69, 9.17) is 5.41 Å². The first-order chi connectivity index (χ1) is 15.1. The molecule has 2 amide bonds. The third-order valence-electron chi connectivity index (χ3n) is 4.74. The molecule has 182 valence electrons. The number of rotatable bonds is 5. The molecule has 1 unspecified atom stereocenters. The Morgan fingerprint density at radius 1 is 1.15 bits per heavy atom. The van der Waals surface area contributed by atoms with Gasteiger partial charge in [0.2, 0.25) is 11.8 Å². The van der Waals surface area contributed by atoms with E-state index in [9.17, 15) is 23.6 Å². The first-order valence-electron chi connectivity index (χ1n) is 10.2. The molecule has 4 N–H and O–H groups in total. The van der Waals surface area contributed by atoms with Crippen molar-refractivity contribution in [1.82, 2.24) is 10.3 Å². The molecule has 0 radical (unpaired) electrons. The molecule has 0 fully saturated rings. The standard InChI is InChI=1S/C21H31N5O5S2/c1-19(2,3)16(27)24-18-25-26(17(28)20(4,5)6)21(32-18,14-10-8-7-9-11-14)15(22)33(30,31)13-12-23-29/h7-11,22,30-31H,12-13H2,1-6H3,(H,24,25,27). The van der Waals surface area contributed by atoms with Crippen LogP contribution in [0.1, 0.15) is 47.1 Å². The van der Waals surface area contributed by atoms with Gasteiger partial charge in [-0.2, -0.15) is 15.5 Å². The van der Waals surface area contributed by atoms with Gasteiger partial charge in [-0.1, -0.05) is 77.1 Å². The highest BCUT2D eigenvalue weighted by molar-refractivity contribution is 8.38. The van der Waals surface area contributed by atoms with E-state index in [-0.39, 0.29) is 11.1 Å². The number of hydrogen-bond donors (Lipinski definition) is 4. The van der Waals surface area contributed by atoms with Crippen LogP contribution >= 0.6 is 22.4 Å². The Balaban J connectivity index is 2.72. The van der Waals surface area contributed by atoms with Crippen LogP contribution in [-0.4, -0.2) is 48.4 Å². The Labute approximate surface area is 199 Å². The fourth-order valence-electron chi connectivity index (χ4n) is 2.81. The molecule has 1 aliphatic rings. The molecular formula is C21H31N5O5S2. The number of amidine groups is 1. The highest BCUT2D eigenvalue weighted by Gasteiger charge is 2.57. The Hall–Kier alpha value is -2.28. The van der Waals surface area contributed by atoms with Gasteiger partial charge in [-0.15, -0.1) is 5.10 Å². The summed E-state index contributed by atoms with van der Waals surface area (Å²) in [5, 5.41) is 19.1. The quantitative estimate of drug-likeness (QED) is 0.269. The zero-order valence-electron chi connectivity index (χ0n) is 19.6. The number of benzene rings is 1. The number of nitrogens with one attached hydrogen (secondary N) is 2. The molecule has 0 aliphatic carbocycles. The number of thioether (sulfide) groups is 1. The van der Waals surface area contributed by atoms with Gasteiger partial charge >= 0.3 is 0 Å². The van der Waals surface area contributed by atoms with Gasteiger partial charge in [0.25, 0.3) is 0 Å². The lowest BCUT2D eigenvalue weighted by molar-refractivity contribution is -0.141. The van der Waals surface area contributed by atoms with Crippen molar-refractivity contribution >= 4 is 44.4 Å². The van der Waals surface area contributed by atoms with E-state index in [0.29, 0.717) is 5.56 Å². The molecule has 0 spiro atoms. The summed E-state index contributed by atoms with van der Waals surface area (Å²) in [6.07, 6.45) is 0. The zero-order chi connectivity index (χ0) is 25.2. The van der Waals surface area contributed by atoms with Crippen LogP contribution < -0.4 is 5.32 Å². The molecule has 2 rings (SSSR count). The second-order valence-corrected chi connectivity index (χ2v) is 13.0. The lowest BCUT2D eigenvalue weighted by Crippen LogP contribution is -2.52. The molecule has 1 atom stereocenters. The SMILES string of the molecule is CC(C)(C)C(=O)NC1=NN(C(=O)C(C)(C)C)C(C(=N)S(O)(O)CCN=O)(c2ccccc2)S1. The molecule has 0 aromatic heterocycles. The maximum absolute atomic E-state index is 13.5. The maximum Gasteiger partial charge on any atom is 0.250 e. The van der Waals surface area contributed by atoms with Gasteiger partial charge in [-0.05, 0) is 17.3 Å². The minimum absolute atomic E-state index is 0.0461. The topological polar surface area (TPSA) is 156 Å². The molecule has 0 saturated carbocycles. The summed E-state index contributed by atoms with van der Waals surface area (Å²) in [5.41, 5.74) is -1.31. The fraction of sp³-hybridized carbons (Fsp3) is 0.524. The van der Waals surface area contributed by atoms with E-state index in [2.05, 4.69) is 15.6 Å². The molecule has 1 heterocycles. The van der Waals surface area contributed by atoms with Crippen molar-refractivity contribution in [3.05, 3.63) is 40.8 Å². The van der Waals surface area contributed by atoms with Crippen LogP contribution in [0.2, 0.25) is 0 Å². The van der Waals surface area contributed by atoms with Crippen molar-refractivity contribution < 1.29 is 18.7 Å². The Morgan fingerprint density at radius 3 is 2.21 bits per heavy atom. The third kappa shape index (κ3) is 5.62. The number of hydrazone groups is 1. The number of amides is 2. The average molecular weight is 498 g/mol. The van der Waals surface area contributed by atoms with Crippen LogP contribution in [0.3, 0.4) is 0 Å². The molecular weight excluding hydrogens is 466 g/mol. The number of nitrogens with zero attached hydrogens (tertiary/aromatic N) is 3. The van der Waals surface area contributed by atoms with Gasteiger partial charge in [0.15, 0.2) is 15.1 Å². The smallest absolute Gasteiger partial charge is 0.250 e. The van der Waals surface area contributed by atoms with Gasteiger partial charge in [-0.3, -0.25) is 24.1 Å². The van der Waals surface area contributed by atoms with Crippen LogP contribution in [0, 0.1) is 21.1 Å². The molecule has 10 nitrogen and oxygen atoms in total. The van der Waals surface area contributed by atoms with Gasteiger partial charge in [0, 0.05) is 10.8 Å². The number of nitroso groups, excluding NO2 is 1. The molecule has 33 heavy (non-hydrogen) atoms. The summed E-state index contributed by atoms with van der Waals surface area (Å²) >= 11 is 0.867. The van der Waals surface area contributed by atoms with Gasteiger partial charge < -0.3 is 5.32 Å². The largest absolute Gasteiger partial charge is 0.303 e. The predicted octanol–water partition coefficient (Wildman–Crippen LogP) is 4.39. The number of hydrogen-bond acceptors (Lipinski definition) is 9. The first kappa shape index (κ1) is 27.0. The van der Waals surface area contributed by atoms with E-state index in [1.807, 2.05) is 0 Å². The summed E-state index contributed by atoms with van der Waals surface area (Å²) in [7, 11) is -3.82. The Morgan fingerprint density at radius 2 is 1.73 bits per heavy atom. The van der Waals surface area contributed by atoms with Crippen molar-refractivity contribution in [3.63, 3.8) is 0 Å². The van der Waals surface area contributed by atoms with Crippen LogP contribution in [0.4, 0.5) is 0 Å². The van der Waals surface area contributed by atoms with E-state index >= 15 is 0 Å². The van der Waals surface area contributed by atoms with Crippen molar-refractivity contribution in [2.75, 3.05) is 12.3 Å². The van der Waals surface area contributed by atoms with Crippen molar-refractivity contribution in [2.24, 2.45) is 21.1 Å². The molecule has 0 bridgehead atoms. The predicted molar refractivity (Wildman–Crippen MR) is 133 cm³/mol. The van der Waals surface area contributed by atoms with E-state index in [0.717, 1.165) is 16.8 Å². The monoisotopic (exact) mass is 497 g/mol. The maximum atomic E-state index is 13.5. The average Bonchev–Trinajstić information content (AvgIpc) is 3.10. The summed E-state index contributed by atoms with van der Waals surface area (Å²) in [4.78, 5) is 35.0. The normalized spacial score (nSPS) is 19.6. The van der Waals surface area contributed by atoms with Crippen molar-refractivity contribution in [3.8, 4) is 0 Å². The lowest BCUT2D eigenvalue weighted by atomic mass is 9.94. The summed E-state index contributed by atoms with van der Waals surface area (Å²) in [6.45, 7) is 9.77. The molecule has 1 aromatic carbocycles. The zero-order valence-corrected chi connectivity index (χ0v) is 21.2. The second kappa shape index (κ2) is 9.53. The minimum atomic E-state index is -3.82. The summed E-state index contributed by atoms with van der Waals surface area (Å²) in [6, 6.07) is 8.40. The Kier molecular flexibility index (Phi) is 7.79. The van der Waals surface area contributed by atoms with Gasteiger partial charge in [0.1, 0.15) is 0 Å². The van der Waals surface area contributed by atoms with Crippen LogP contribution in [-0.2, 0) is 14.5 Å². The van der Waals surface area contributed by atoms with Gasteiger partial charge in [0.05, 0.1) is 12.3 Å². The summed E-state index contributed by atoms with van der Waals surface area (Å²) in [5.74, 6) is -1.32. The van der Waals surface area contributed by atoms with E-state index in [1.165, 1.54) is 0 Å². The number of carbonyl (C=O) groups is 2. The minimum Gasteiger partial charge on any atom is -0.303 e. The van der Waals surface area contributed by atoms with E-state index in [1.54, 1.807) is 71.9 Å². The Bertz CT molecular complexity index is 969. The third-order valence-corrected chi connectivity index (χ3v) is 7.85. The number of carbonyl (C=O) groups excluding carboxylic acids is 2. The van der Waals surface area contributed by atoms with Gasteiger partial charge in [-0.25, -0.2) is 5.01 Å². The molecule has 1 aromatic rings. The molecule has 12 heteroatoms. The molecule has 1 aliphatic heterocycles. The highest BCUT2D eigenvalue weighted by atomic mass is 32.3. The highest BCUT2D eigenvalue weighted by Crippen LogP contribution is 2.56. The van der Waals surface area contributed by atoms with Crippen LogP contribution in [0.5, 0.6) is 0 Å². The van der Waals surface area contributed by atoms with E-state index < -0.39 is 49.5 Å². The van der Waals surface area contributed by atoms with Crippen LogP contribution in [0.15, 0.2) is 40.6 Å². The molecule has 0 saturated heterocycles. The van der Waals surface area contributed by atoms with Crippen LogP contribution in [0.25, 0.3) is 0 Å². The summed E-state index contributed by atoms with van der Waals surface area (Å²) < 4.78 is 21.7. The first-order valence-corrected chi connectivity index (χ1v) is 12.7. The second-order valence-electron chi connectivity index (χ2n) is 9.64. The lowest BCUT2D eigenvalue weighted by Gasteiger charge is -2.44.